The molecule has 23 heavy (non-hydrogen) atoms. The number of aryl methyl sites for hydroxylation is 1. The van der Waals surface area contributed by atoms with Crippen LogP contribution in [0.3, 0.4) is 0 Å². The van der Waals surface area contributed by atoms with Gasteiger partial charge in [0.1, 0.15) is 0 Å². The summed E-state index contributed by atoms with van der Waals surface area (Å²) < 4.78 is 0.961. The fourth-order valence-corrected chi connectivity index (χ4v) is 3.76. The van der Waals surface area contributed by atoms with Gasteiger partial charge in [0.15, 0.2) is 5.13 Å². The quantitative estimate of drug-likeness (QED) is 0.812. The molecule has 2 rings (SSSR count). The third-order valence-electron chi connectivity index (χ3n) is 2.96. The average Bonchev–Trinajstić information content (AvgIpc) is 2.85. The summed E-state index contributed by atoms with van der Waals surface area (Å²) in [4.78, 5) is 18.7. The average molecular weight is 346 g/mol. The Morgan fingerprint density at radius 2 is 2.09 bits per heavy atom. The van der Waals surface area contributed by atoms with Crippen molar-refractivity contribution < 1.29 is 4.79 Å². The van der Waals surface area contributed by atoms with Gasteiger partial charge in [-0.25, -0.2) is 4.98 Å². The van der Waals surface area contributed by atoms with Crippen LogP contribution in [0.15, 0.2) is 28.5 Å². The molecule has 5 nitrogen and oxygen atoms in total. The van der Waals surface area contributed by atoms with E-state index in [1.807, 2.05) is 45.3 Å². The summed E-state index contributed by atoms with van der Waals surface area (Å²) in [5.41, 5.74) is 2.60. The standard InChI is InChI=1S/C16H18N4OS2/c1-11-15(22-9-8-17)23-16(18-11)19-14(21)13-6-4-12(5-7-13)10-20(2)3/h4-7H,9-10H2,1-3H3,(H,18,19,21). The van der Waals surface area contributed by atoms with Crippen molar-refractivity contribution in [3.8, 4) is 6.07 Å². The molecule has 0 radical (unpaired) electrons. The third kappa shape index (κ3) is 5.06. The zero-order chi connectivity index (χ0) is 16.8. The van der Waals surface area contributed by atoms with Crippen molar-refractivity contribution in [2.45, 2.75) is 17.7 Å². The van der Waals surface area contributed by atoms with Gasteiger partial charge in [0, 0.05) is 12.1 Å². The smallest absolute Gasteiger partial charge is 0.257 e. The number of benzene rings is 1. The number of hydrogen-bond donors (Lipinski definition) is 1. The van der Waals surface area contributed by atoms with Crippen molar-refractivity contribution in [2.24, 2.45) is 0 Å². The van der Waals surface area contributed by atoms with Crippen LogP contribution in [0, 0.1) is 18.3 Å². The molecule has 0 fully saturated rings. The molecule has 120 valence electrons. The van der Waals surface area contributed by atoms with E-state index in [9.17, 15) is 4.79 Å². The number of thioether (sulfide) groups is 1. The van der Waals surface area contributed by atoms with Gasteiger partial charge < -0.3 is 4.90 Å². The highest BCUT2D eigenvalue weighted by Gasteiger charge is 2.12. The molecule has 0 unspecified atom stereocenters. The van der Waals surface area contributed by atoms with Gasteiger partial charge in [-0.15, -0.1) is 0 Å². The summed E-state index contributed by atoms with van der Waals surface area (Å²) in [5, 5.41) is 12.0. The lowest BCUT2D eigenvalue weighted by Crippen LogP contribution is -2.13. The summed E-state index contributed by atoms with van der Waals surface area (Å²) in [6, 6.07) is 9.64. The van der Waals surface area contributed by atoms with Crippen LogP contribution >= 0.6 is 23.1 Å². The number of nitrogens with one attached hydrogen (secondary N) is 1. The number of carbonyl (C=O) groups excluding carboxylic acids is 1. The second-order valence-electron chi connectivity index (χ2n) is 5.23. The minimum Gasteiger partial charge on any atom is -0.305 e. The molecule has 0 saturated heterocycles. The van der Waals surface area contributed by atoms with E-state index < -0.39 is 0 Å². The van der Waals surface area contributed by atoms with Crippen molar-refractivity contribution in [3.05, 3.63) is 41.1 Å². The zero-order valence-corrected chi connectivity index (χ0v) is 14.9. The first-order chi connectivity index (χ1) is 11.0. The van der Waals surface area contributed by atoms with E-state index in [2.05, 4.69) is 21.3 Å². The molecule has 7 heteroatoms. The van der Waals surface area contributed by atoms with Crippen LogP contribution in [0.4, 0.5) is 5.13 Å². The molecule has 0 aliphatic carbocycles. The third-order valence-corrected chi connectivity index (χ3v) is 5.26. The molecule has 2 aromatic rings. The molecule has 0 atom stereocenters. The summed E-state index contributed by atoms with van der Waals surface area (Å²) in [6.45, 7) is 2.72. The lowest BCUT2D eigenvalue weighted by Gasteiger charge is -2.09. The Morgan fingerprint density at radius 1 is 1.39 bits per heavy atom. The highest BCUT2D eigenvalue weighted by atomic mass is 32.2. The monoisotopic (exact) mass is 346 g/mol. The van der Waals surface area contributed by atoms with E-state index >= 15 is 0 Å². The van der Waals surface area contributed by atoms with E-state index in [1.54, 1.807) is 0 Å². The second kappa shape index (κ2) is 8.11. The molecular formula is C16H18N4OS2. The van der Waals surface area contributed by atoms with Gasteiger partial charge in [-0.05, 0) is 38.7 Å². The number of amides is 1. The maximum absolute atomic E-state index is 12.3. The lowest BCUT2D eigenvalue weighted by molar-refractivity contribution is 0.102. The largest absolute Gasteiger partial charge is 0.305 e. The van der Waals surface area contributed by atoms with Gasteiger partial charge in [-0.1, -0.05) is 35.2 Å². The number of thiazole rings is 1. The van der Waals surface area contributed by atoms with Gasteiger partial charge in [0.25, 0.3) is 5.91 Å². The number of nitriles is 1. The minimum atomic E-state index is -0.174. The lowest BCUT2D eigenvalue weighted by atomic mass is 10.1. The first-order valence-corrected chi connectivity index (χ1v) is 8.82. The highest BCUT2D eigenvalue weighted by molar-refractivity contribution is 8.01. The van der Waals surface area contributed by atoms with E-state index in [1.165, 1.54) is 23.1 Å². The summed E-state index contributed by atoms with van der Waals surface area (Å²) in [5.74, 6) is 0.205. The van der Waals surface area contributed by atoms with E-state index in [4.69, 9.17) is 5.26 Å². The van der Waals surface area contributed by atoms with Crippen molar-refractivity contribution in [2.75, 3.05) is 25.2 Å². The van der Waals surface area contributed by atoms with Crippen molar-refractivity contribution in [1.29, 1.82) is 5.26 Å². The summed E-state index contributed by atoms with van der Waals surface area (Å²) in [6.07, 6.45) is 0. The van der Waals surface area contributed by atoms with Crippen LogP contribution in [-0.4, -0.2) is 35.6 Å². The zero-order valence-electron chi connectivity index (χ0n) is 13.3. The first-order valence-electron chi connectivity index (χ1n) is 7.02. The number of hydrogen-bond acceptors (Lipinski definition) is 6. The predicted molar refractivity (Wildman–Crippen MR) is 95.0 cm³/mol. The van der Waals surface area contributed by atoms with Crippen LogP contribution in [0.25, 0.3) is 0 Å². The maximum atomic E-state index is 12.3. The van der Waals surface area contributed by atoms with E-state index in [-0.39, 0.29) is 5.91 Å². The van der Waals surface area contributed by atoms with Crippen molar-refractivity contribution in [3.63, 3.8) is 0 Å². The molecule has 0 aliphatic heterocycles. The number of aromatic nitrogens is 1. The van der Waals surface area contributed by atoms with Gasteiger partial charge in [-0.2, -0.15) is 5.26 Å². The molecule has 1 aromatic carbocycles. The Balaban J connectivity index is 2.03. The normalized spacial score (nSPS) is 10.6. The van der Waals surface area contributed by atoms with Crippen LogP contribution in [0.2, 0.25) is 0 Å². The highest BCUT2D eigenvalue weighted by Crippen LogP contribution is 2.31. The van der Waals surface area contributed by atoms with Crippen LogP contribution in [-0.2, 0) is 6.54 Å². The number of nitrogens with zero attached hydrogens (tertiary/aromatic N) is 3. The molecule has 1 amide bonds. The first kappa shape index (κ1) is 17.5. The summed E-state index contributed by atoms with van der Waals surface area (Å²) >= 11 is 2.83. The van der Waals surface area contributed by atoms with Gasteiger partial charge in [0.05, 0.1) is 21.7 Å². The number of rotatable bonds is 6. The van der Waals surface area contributed by atoms with E-state index in [0.717, 1.165) is 22.0 Å². The molecule has 0 aliphatic rings. The van der Waals surface area contributed by atoms with Crippen LogP contribution in [0.1, 0.15) is 21.6 Å². The Bertz CT molecular complexity index is 717. The Morgan fingerprint density at radius 3 is 2.70 bits per heavy atom. The molecular weight excluding hydrogens is 328 g/mol. The fraction of sp³-hybridized carbons (Fsp3) is 0.312. The maximum Gasteiger partial charge on any atom is 0.257 e. The molecule has 1 aromatic heterocycles. The Hall–Kier alpha value is -1.88. The molecule has 1 heterocycles. The number of carbonyl (C=O) groups is 1. The van der Waals surface area contributed by atoms with Crippen molar-refractivity contribution in [1.82, 2.24) is 9.88 Å². The second-order valence-corrected chi connectivity index (χ2v) is 7.47. The molecule has 0 spiro atoms. The summed E-state index contributed by atoms with van der Waals surface area (Å²) in [7, 11) is 4.01. The van der Waals surface area contributed by atoms with Crippen LogP contribution in [0.5, 0.6) is 0 Å². The molecule has 0 bridgehead atoms. The van der Waals surface area contributed by atoms with Gasteiger partial charge >= 0.3 is 0 Å². The SMILES string of the molecule is Cc1nc(NC(=O)c2ccc(CN(C)C)cc2)sc1SCC#N. The Kier molecular flexibility index (Phi) is 6.16. The Labute approximate surface area is 144 Å². The van der Waals surface area contributed by atoms with E-state index in [0.29, 0.717) is 16.4 Å². The van der Waals surface area contributed by atoms with Gasteiger partial charge in [-0.3, -0.25) is 10.1 Å². The molecule has 0 saturated carbocycles. The van der Waals surface area contributed by atoms with Gasteiger partial charge in [0.2, 0.25) is 0 Å². The minimum absolute atomic E-state index is 0.174. The number of anilines is 1. The predicted octanol–water partition coefficient (Wildman–Crippen LogP) is 3.38. The topological polar surface area (TPSA) is 69.0 Å². The fourth-order valence-electron chi connectivity index (χ4n) is 1.96. The van der Waals surface area contributed by atoms with Crippen molar-refractivity contribution >= 4 is 34.1 Å². The van der Waals surface area contributed by atoms with Crippen LogP contribution < -0.4 is 5.32 Å². The molecule has 1 N–H and O–H groups in total.